The molecule has 0 spiro atoms. The number of carbonyl (C=O) groups excluding carboxylic acids is 1. The summed E-state index contributed by atoms with van der Waals surface area (Å²) in [6, 6.07) is 9.85. The molecular formula is C14H13N3O2. The molecule has 96 valence electrons. The number of carbonyl (C=O) groups is 1. The Morgan fingerprint density at radius 1 is 1.32 bits per heavy atom. The van der Waals surface area contributed by atoms with Gasteiger partial charge in [0, 0.05) is 17.8 Å². The topological polar surface area (TPSA) is 60.9 Å². The van der Waals surface area contributed by atoms with Crippen molar-refractivity contribution in [3.8, 4) is 11.6 Å². The lowest BCUT2D eigenvalue weighted by Crippen LogP contribution is -2.07. The Morgan fingerprint density at radius 2 is 2.11 bits per heavy atom. The number of para-hydroxylation sites is 1. The largest absolute Gasteiger partial charge is 0.420 e. The fraction of sp³-hybridized carbons (Fsp3) is 0.214. The molecule has 2 aromatic heterocycles. The van der Waals surface area contributed by atoms with Gasteiger partial charge in [0.15, 0.2) is 0 Å². The number of benzene rings is 1. The van der Waals surface area contributed by atoms with Crippen molar-refractivity contribution < 1.29 is 9.21 Å². The molecule has 3 rings (SSSR count). The molecule has 0 saturated carbocycles. The Balaban J connectivity index is 2.25. The first-order valence-electron chi connectivity index (χ1n) is 6.03. The number of aryl methyl sites for hydroxylation is 1. The van der Waals surface area contributed by atoms with Crippen molar-refractivity contribution >= 4 is 16.7 Å². The minimum atomic E-state index is 0.0823. The van der Waals surface area contributed by atoms with Crippen molar-refractivity contribution in [1.82, 2.24) is 14.8 Å². The van der Waals surface area contributed by atoms with Crippen LogP contribution in [-0.4, -0.2) is 20.5 Å². The molecule has 0 N–H and O–H groups in total. The van der Waals surface area contributed by atoms with E-state index in [0.717, 1.165) is 16.6 Å². The summed E-state index contributed by atoms with van der Waals surface area (Å²) in [5.41, 5.74) is 1.76. The van der Waals surface area contributed by atoms with Crippen LogP contribution in [-0.2, 0) is 11.3 Å². The lowest BCUT2D eigenvalue weighted by molar-refractivity contribution is -0.117. The van der Waals surface area contributed by atoms with Crippen LogP contribution < -0.4 is 0 Å². The Hall–Kier alpha value is -2.43. The molecule has 2 heterocycles. The van der Waals surface area contributed by atoms with Crippen LogP contribution in [0.25, 0.3) is 22.5 Å². The van der Waals surface area contributed by atoms with Crippen molar-refractivity contribution in [1.29, 1.82) is 0 Å². The van der Waals surface area contributed by atoms with Crippen LogP contribution in [0.15, 0.2) is 34.7 Å². The number of ketones is 1. The smallest absolute Gasteiger partial charge is 0.264 e. The normalized spacial score (nSPS) is 11.1. The molecule has 3 aromatic rings. The molecule has 0 aliphatic carbocycles. The van der Waals surface area contributed by atoms with E-state index in [-0.39, 0.29) is 5.78 Å². The maximum Gasteiger partial charge on any atom is 0.264 e. The van der Waals surface area contributed by atoms with Crippen molar-refractivity contribution in [3.63, 3.8) is 0 Å². The first kappa shape index (κ1) is 11.6. The van der Waals surface area contributed by atoms with Gasteiger partial charge in [-0.25, -0.2) is 0 Å². The summed E-state index contributed by atoms with van der Waals surface area (Å²) < 4.78 is 7.37. The summed E-state index contributed by atoms with van der Waals surface area (Å²) in [6.45, 7) is 3.61. The summed E-state index contributed by atoms with van der Waals surface area (Å²) in [7, 11) is 0. The van der Waals surface area contributed by atoms with Gasteiger partial charge in [-0.05, 0) is 19.1 Å². The van der Waals surface area contributed by atoms with Gasteiger partial charge in [0.25, 0.3) is 5.89 Å². The van der Waals surface area contributed by atoms with Crippen molar-refractivity contribution in [2.75, 3.05) is 0 Å². The molecule has 0 fully saturated rings. The van der Waals surface area contributed by atoms with Crippen LogP contribution in [0.2, 0.25) is 0 Å². The minimum Gasteiger partial charge on any atom is -0.420 e. The maximum atomic E-state index is 11.5. The predicted molar refractivity (Wildman–Crippen MR) is 70.6 cm³/mol. The van der Waals surface area contributed by atoms with Crippen LogP contribution >= 0.6 is 0 Å². The van der Waals surface area contributed by atoms with E-state index >= 15 is 0 Å². The molecule has 0 bridgehead atoms. The first-order chi connectivity index (χ1) is 9.15. The number of Topliss-reactive ketones (excluding diaryl/α,β-unsaturated/α-hetero) is 1. The predicted octanol–water partition coefficient (Wildman–Crippen LogP) is 2.59. The van der Waals surface area contributed by atoms with Gasteiger partial charge in [-0.1, -0.05) is 18.2 Å². The summed E-state index contributed by atoms with van der Waals surface area (Å²) in [5.74, 6) is 1.03. The Labute approximate surface area is 109 Å². The molecular weight excluding hydrogens is 242 g/mol. The van der Waals surface area contributed by atoms with E-state index in [2.05, 4.69) is 10.2 Å². The van der Waals surface area contributed by atoms with Gasteiger partial charge in [-0.15, -0.1) is 10.2 Å². The van der Waals surface area contributed by atoms with Gasteiger partial charge < -0.3 is 8.98 Å². The van der Waals surface area contributed by atoms with Crippen LogP contribution in [0.5, 0.6) is 0 Å². The van der Waals surface area contributed by atoms with Gasteiger partial charge >= 0.3 is 0 Å². The van der Waals surface area contributed by atoms with E-state index in [1.54, 1.807) is 13.8 Å². The van der Waals surface area contributed by atoms with E-state index in [0.29, 0.717) is 18.3 Å². The molecule has 0 atom stereocenters. The van der Waals surface area contributed by atoms with Crippen LogP contribution in [0.4, 0.5) is 0 Å². The molecule has 0 amide bonds. The average molecular weight is 255 g/mol. The number of hydrogen-bond acceptors (Lipinski definition) is 4. The van der Waals surface area contributed by atoms with E-state index < -0.39 is 0 Å². The highest BCUT2D eigenvalue weighted by Crippen LogP contribution is 2.27. The van der Waals surface area contributed by atoms with Gasteiger partial charge in [0.2, 0.25) is 5.89 Å². The molecule has 19 heavy (non-hydrogen) atoms. The first-order valence-corrected chi connectivity index (χ1v) is 6.03. The third-order valence-electron chi connectivity index (χ3n) is 2.94. The van der Waals surface area contributed by atoms with E-state index in [1.807, 2.05) is 34.9 Å². The van der Waals surface area contributed by atoms with Crippen LogP contribution in [0.1, 0.15) is 12.8 Å². The molecule has 1 aromatic carbocycles. The van der Waals surface area contributed by atoms with Gasteiger partial charge in [0.1, 0.15) is 11.5 Å². The molecule has 0 unspecified atom stereocenters. The highest BCUT2D eigenvalue weighted by molar-refractivity contribution is 5.88. The number of nitrogens with zero attached hydrogens (tertiary/aromatic N) is 3. The van der Waals surface area contributed by atoms with Crippen molar-refractivity contribution in [2.24, 2.45) is 0 Å². The third kappa shape index (κ3) is 2.03. The average Bonchev–Trinajstić information content (AvgIpc) is 2.94. The van der Waals surface area contributed by atoms with E-state index in [9.17, 15) is 4.79 Å². The number of rotatable bonds is 3. The van der Waals surface area contributed by atoms with E-state index in [4.69, 9.17) is 4.42 Å². The minimum absolute atomic E-state index is 0.0823. The quantitative estimate of drug-likeness (QED) is 0.721. The summed E-state index contributed by atoms with van der Waals surface area (Å²) in [5, 5.41) is 8.92. The monoisotopic (exact) mass is 255 g/mol. The van der Waals surface area contributed by atoms with Crippen LogP contribution in [0, 0.1) is 6.92 Å². The molecule has 0 radical (unpaired) electrons. The van der Waals surface area contributed by atoms with Gasteiger partial charge in [-0.2, -0.15) is 0 Å². The molecule has 0 aliphatic heterocycles. The Bertz CT molecular complexity index is 755. The Morgan fingerprint density at radius 3 is 2.79 bits per heavy atom. The second-order valence-electron chi connectivity index (χ2n) is 4.50. The fourth-order valence-electron chi connectivity index (χ4n) is 2.18. The third-order valence-corrected chi connectivity index (χ3v) is 2.94. The van der Waals surface area contributed by atoms with E-state index in [1.165, 1.54) is 0 Å². The van der Waals surface area contributed by atoms with Gasteiger partial charge in [-0.3, -0.25) is 4.79 Å². The summed E-state index contributed by atoms with van der Waals surface area (Å²) >= 11 is 0. The zero-order chi connectivity index (χ0) is 13.4. The fourth-order valence-corrected chi connectivity index (χ4v) is 2.18. The number of hydrogen-bond donors (Lipinski definition) is 0. The molecule has 5 nitrogen and oxygen atoms in total. The zero-order valence-electron chi connectivity index (χ0n) is 10.8. The van der Waals surface area contributed by atoms with Crippen LogP contribution in [0.3, 0.4) is 0 Å². The molecule has 0 aliphatic rings. The SMILES string of the molecule is CC(=O)Cn1c(-c2nnc(C)o2)cc2ccccc21. The zero-order valence-corrected chi connectivity index (χ0v) is 10.8. The second-order valence-corrected chi connectivity index (χ2v) is 4.50. The van der Waals surface area contributed by atoms with Crippen molar-refractivity contribution in [3.05, 3.63) is 36.2 Å². The molecule has 5 heteroatoms. The number of fused-ring (bicyclic) bond motifs is 1. The summed E-state index contributed by atoms with van der Waals surface area (Å²) in [6.07, 6.45) is 0. The lowest BCUT2D eigenvalue weighted by atomic mass is 10.2. The standard InChI is InChI=1S/C14H13N3O2/c1-9(18)8-17-12-6-4-3-5-11(12)7-13(17)14-16-15-10(2)19-14/h3-7H,8H2,1-2H3. The van der Waals surface area contributed by atoms with Gasteiger partial charge in [0.05, 0.1) is 6.54 Å². The highest BCUT2D eigenvalue weighted by atomic mass is 16.4. The second kappa shape index (κ2) is 4.35. The molecule has 0 saturated heterocycles. The number of aromatic nitrogens is 3. The van der Waals surface area contributed by atoms with Crippen molar-refractivity contribution in [2.45, 2.75) is 20.4 Å². The Kier molecular flexibility index (Phi) is 2.67. The highest BCUT2D eigenvalue weighted by Gasteiger charge is 2.16. The lowest BCUT2D eigenvalue weighted by Gasteiger charge is -2.05. The maximum absolute atomic E-state index is 11.5. The summed E-state index contributed by atoms with van der Waals surface area (Å²) in [4.78, 5) is 11.5.